The van der Waals surface area contributed by atoms with E-state index in [0.717, 1.165) is 0 Å². The number of hydrogen-bond donors (Lipinski definition) is 0. The Labute approximate surface area is 76.0 Å². The van der Waals surface area contributed by atoms with Crippen molar-refractivity contribution in [3.8, 4) is 0 Å². The van der Waals surface area contributed by atoms with Crippen LogP contribution >= 0.6 is 0 Å². The van der Waals surface area contributed by atoms with Gasteiger partial charge in [0.05, 0.1) is 12.2 Å². The Balaban J connectivity index is 2.86. The molecule has 1 heterocycles. The average molecular weight is 177 g/mol. The summed E-state index contributed by atoms with van der Waals surface area (Å²) in [5.41, 5.74) is 0.157. The molecule has 0 bridgehead atoms. The second kappa shape index (κ2) is 4.30. The van der Waals surface area contributed by atoms with Gasteiger partial charge in [-0.05, 0) is 30.2 Å². The van der Waals surface area contributed by atoms with Crippen molar-refractivity contribution in [1.82, 2.24) is 0 Å². The SMILES string of the molecule is C=CC/C(=C\c1ccco1)C(=O)[O-]. The molecule has 0 aliphatic rings. The normalized spacial score (nSPS) is 11.2. The number of rotatable bonds is 4. The Morgan fingerprint density at radius 3 is 2.92 bits per heavy atom. The minimum Gasteiger partial charge on any atom is -0.545 e. The molecule has 0 aliphatic heterocycles. The molecule has 1 aromatic heterocycles. The second-order valence-corrected chi connectivity index (χ2v) is 2.47. The van der Waals surface area contributed by atoms with E-state index >= 15 is 0 Å². The summed E-state index contributed by atoms with van der Waals surface area (Å²) in [6, 6.07) is 3.36. The van der Waals surface area contributed by atoms with Gasteiger partial charge in [-0.3, -0.25) is 0 Å². The minimum absolute atomic E-state index is 0.157. The summed E-state index contributed by atoms with van der Waals surface area (Å²) >= 11 is 0. The van der Waals surface area contributed by atoms with E-state index in [2.05, 4.69) is 6.58 Å². The van der Waals surface area contributed by atoms with Crippen molar-refractivity contribution in [3.05, 3.63) is 42.4 Å². The molecule has 0 fully saturated rings. The summed E-state index contributed by atoms with van der Waals surface area (Å²) < 4.78 is 4.96. The number of carbonyl (C=O) groups excluding carboxylic acids is 1. The summed E-state index contributed by atoms with van der Waals surface area (Å²) in [6.45, 7) is 3.45. The number of hydrogen-bond acceptors (Lipinski definition) is 3. The summed E-state index contributed by atoms with van der Waals surface area (Å²) in [5.74, 6) is -0.697. The lowest BCUT2D eigenvalue weighted by atomic mass is 10.1. The highest BCUT2D eigenvalue weighted by molar-refractivity contribution is 5.90. The van der Waals surface area contributed by atoms with Gasteiger partial charge in [0.1, 0.15) is 5.76 Å². The highest BCUT2D eigenvalue weighted by atomic mass is 16.4. The topological polar surface area (TPSA) is 53.3 Å². The smallest absolute Gasteiger partial charge is 0.126 e. The van der Waals surface area contributed by atoms with Crippen molar-refractivity contribution in [2.75, 3.05) is 0 Å². The van der Waals surface area contributed by atoms with Crippen LogP contribution in [0.25, 0.3) is 6.08 Å². The number of carbonyl (C=O) groups is 1. The second-order valence-electron chi connectivity index (χ2n) is 2.47. The molecule has 1 rings (SSSR count). The van der Waals surface area contributed by atoms with E-state index in [1.807, 2.05) is 0 Å². The summed E-state index contributed by atoms with van der Waals surface area (Å²) in [6.07, 6.45) is 4.68. The van der Waals surface area contributed by atoms with E-state index in [1.165, 1.54) is 18.4 Å². The third kappa shape index (κ3) is 2.63. The van der Waals surface area contributed by atoms with Crippen LogP contribution in [0.5, 0.6) is 0 Å². The Morgan fingerprint density at radius 1 is 1.69 bits per heavy atom. The van der Waals surface area contributed by atoms with E-state index in [-0.39, 0.29) is 12.0 Å². The fraction of sp³-hybridized carbons (Fsp3) is 0.100. The molecule has 1 aromatic rings. The van der Waals surface area contributed by atoms with Gasteiger partial charge >= 0.3 is 0 Å². The van der Waals surface area contributed by atoms with Gasteiger partial charge in [0.15, 0.2) is 0 Å². The molecule has 0 aliphatic carbocycles. The molecule has 0 saturated carbocycles. The van der Waals surface area contributed by atoms with Gasteiger partial charge in [0, 0.05) is 0 Å². The third-order valence-corrected chi connectivity index (χ3v) is 1.49. The van der Waals surface area contributed by atoms with E-state index in [4.69, 9.17) is 4.42 Å². The number of allylic oxidation sites excluding steroid dienone is 1. The number of aliphatic carboxylic acids is 1. The van der Waals surface area contributed by atoms with Crippen LogP contribution in [0.3, 0.4) is 0 Å². The highest BCUT2D eigenvalue weighted by Gasteiger charge is 1.97. The first-order chi connectivity index (χ1) is 6.24. The van der Waals surface area contributed by atoms with Crippen LogP contribution < -0.4 is 5.11 Å². The lowest BCUT2D eigenvalue weighted by Crippen LogP contribution is -2.24. The molecule has 0 amide bonds. The van der Waals surface area contributed by atoms with Crippen LogP contribution in [0.4, 0.5) is 0 Å². The molecule has 0 saturated heterocycles. The van der Waals surface area contributed by atoms with Crippen molar-refractivity contribution in [1.29, 1.82) is 0 Å². The summed E-state index contributed by atoms with van der Waals surface area (Å²) in [7, 11) is 0. The van der Waals surface area contributed by atoms with Gasteiger partial charge in [-0.25, -0.2) is 0 Å². The Morgan fingerprint density at radius 2 is 2.46 bits per heavy atom. The third-order valence-electron chi connectivity index (χ3n) is 1.49. The molecular formula is C10H9O3-. The molecule has 0 spiro atoms. The molecule has 68 valence electrons. The van der Waals surface area contributed by atoms with E-state index in [0.29, 0.717) is 5.76 Å². The Bertz CT molecular complexity index is 320. The number of carboxylic acids is 1. The summed E-state index contributed by atoms with van der Waals surface area (Å²) in [5, 5.41) is 10.5. The largest absolute Gasteiger partial charge is 0.545 e. The maximum Gasteiger partial charge on any atom is 0.126 e. The molecule has 0 radical (unpaired) electrons. The Hall–Kier alpha value is -1.77. The quantitative estimate of drug-likeness (QED) is 0.509. The van der Waals surface area contributed by atoms with E-state index in [1.54, 1.807) is 12.1 Å². The first-order valence-electron chi connectivity index (χ1n) is 3.80. The zero-order chi connectivity index (χ0) is 9.68. The Kier molecular flexibility index (Phi) is 3.09. The fourth-order valence-electron chi connectivity index (χ4n) is 0.902. The lowest BCUT2D eigenvalue weighted by molar-refractivity contribution is -0.299. The van der Waals surface area contributed by atoms with Gasteiger partial charge in [-0.2, -0.15) is 0 Å². The van der Waals surface area contributed by atoms with Crippen molar-refractivity contribution < 1.29 is 14.3 Å². The van der Waals surface area contributed by atoms with Gasteiger partial charge in [0.25, 0.3) is 0 Å². The molecule has 0 N–H and O–H groups in total. The van der Waals surface area contributed by atoms with Crippen molar-refractivity contribution >= 4 is 12.0 Å². The lowest BCUT2D eigenvalue weighted by Gasteiger charge is -2.03. The van der Waals surface area contributed by atoms with Crippen LogP contribution in [-0.2, 0) is 4.79 Å². The molecular weight excluding hydrogens is 168 g/mol. The maximum absolute atomic E-state index is 10.5. The predicted molar refractivity (Wildman–Crippen MR) is 46.5 cm³/mol. The number of furan rings is 1. The number of carboxylic acid groups (broad SMARTS) is 1. The highest BCUT2D eigenvalue weighted by Crippen LogP contribution is 2.09. The zero-order valence-electron chi connectivity index (χ0n) is 7.03. The molecule has 0 unspecified atom stereocenters. The van der Waals surface area contributed by atoms with Gasteiger partial charge in [-0.1, -0.05) is 6.08 Å². The monoisotopic (exact) mass is 177 g/mol. The first kappa shape index (κ1) is 9.32. The molecule has 0 atom stereocenters. The maximum atomic E-state index is 10.5. The molecule has 3 nitrogen and oxygen atoms in total. The van der Waals surface area contributed by atoms with Crippen molar-refractivity contribution in [2.24, 2.45) is 0 Å². The summed E-state index contributed by atoms with van der Waals surface area (Å²) in [4.78, 5) is 10.5. The van der Waals surface area contributed by atoms with Crippen LogP contribution in [-0.4, -0.2) is 5.97 Å². The van der Waals surface area contributed by atoms with Gasteiger partial charge in [0.2, 0.25) is 0 Å². The molecule has 0 aromatic carbocycles. The van der Waals surface area contributed by atoms with Crippen LogP contribution in [0.15, 0.2) is 41.0 Å². The van der Waals surface area contributed by atoms with Crippen LogP contribution in [0.1, 0.15) is 12.2 Å². The predicted octanol–water partition coefficient (Wildman–Crippen LogP) is 0.989. The van der Waals surface area contributed by atoms with Gasteiger partial charge < -0.3 is 14.3 Å². The van der Waals surface area contributed by atoms with Gasteiger partial charge in [-0.15, -0.1) is 6.58 Å². The standard InChI is InChI=1S/C10H10O3/c1-2-4-8(10(11)12)7-9-5-3-6-13-9/h2-3,5-7H,1,4H2,(H,11,12)/p-1/b8-7+. The van der Waals surface area contributed by atoms with E-state index < -0.39 is 5.97 Å². The molecule has 3 heteroatoms. The minimum atomic E-state index is -1.20. The first-order valence-corrected chi connectivity index (χ1v) is 3.80. The van der Waals surface area contributed by atoms with E-state index in [9.17, 15) is 9.90 Å². The molecule has 13 heavy (non-hydrogen) atoms. The van der Waals surface area contributed by atoms with Crippen LogP contribution in [0, 0.1) is 0 Å². The fourth-order valence-corrected chi connectivity index (χ4v) is 0.902. The zero-order valence-corrected chi connectivity index (χ0v) is 7.03. The van der Waals surface area contributed by atoms with Crippen molar-refractivity contribution in [2.45, 2.75) is 6.42 Å². The van der Waals surface area contributed by atoms with Crippen LogP contribution in [0.2, 0.25) is 0 Å². The van der Waals surface area contributed by atoms with Crippen molar-refractivity contribution in [3.63, 3.8) is 0 Å². The average Bonchev–Trinajstić information content (AvgIpc) is 2.56.